The van der Waals surface area contributed by atoms with Gasteiger partial charge in [-0.25, -0.2) is 0 Å². The Bertz CT molecular complexity index is 130. The number of carbonyl (C=O) groups is 1. The van der Waals surface area contributed by atoms with E-state index >= 15 is 0 Å². The van der Waals surface area contributed by atoms with E-state index in [9.17, 15) is 4.79 Å². The molecule has 1 heterocycles. The van der Waals surface area contributed by atoms with Crippen molar-refractivity contribution in [3.05, 3.63) is 0 Å². The van der Waals surface area contributed by atoms with Crippen LogP contribution in [0, 0.1) is 0 Å². The van der Waals surface area contributed by atoms with Crippen molar-refractivity contribution < 1.29 is 4.79 Å². The molecule has 0 atom stereocenters. The molecule has 0 aromatic rings. The molecule has 1 amide bonds. The third kappa shape index (κ3) is 29.5. The molecule has 3 nitrogen and oxygen atoms in total. The molecule has 0 radical (unpaired) electrons. The van der Waals surface area contributed by atoms with Gasteiger partial charge in [-0.1, -0.05) is 41.5 Å². The number of hydrogen-bond acceptors (Lipinski definition) is 2. The fraction of sp³-hybridized carbons (Fsp3) is 0.933. The van der Waals surface area contributed by atoms with Gasteiger partial charge in [-0.2, -0.15) is 0 Å². The summed E-state index contributed by atoms with van der Waals surface area (Å²) in [4.78, 5) is 14.0. The zero-order valence-corrected chi connectivity index (χ0v) is 14.6. The second kappa shape index (κ2) is 25.3. The molecule has 0 bridgehead atoms. The number of amides is 1. The van der Waals surface area contributed by atoms with Crippen molar-refractivity contribution in [3.8, 4) is 0 Å². The summed E-state index contributed by atoms with van der Waals surface area (Å²) in [6, 6.07) is 0. The Morgan fingerprint density at radius 3 is 1.17 bits per heavy atom. The van der Waals surface area contributed by atoms with E-state index < -0.39 is 0 Å². The Hall–Kier alpha value is -0.570. The first kappa shape index (κ1) is 26.1. The number of likely N-dealkylation sites (tertiary alicyclic amines) is 1. The van der Waals surface area contributed by atoms with Crippen molar-refractivity contribution in [1.29, 1.82) is 0 Å². The van der Waals surface area contributed by atoms with Crippen LogP contribution in [-0.2, 0) is 4.79 Å². The molecule has 0 saturated carbocycles. The lowest BCUT2D eigenvalue weighted by molar-refractivity contribution is -0.126. The van der Waals surface area contributed by atoms with Crippen LogP contribution in [0.15, 0.2) is 0 Å². The van der Waals surface area contributed by atoms with E-state index in [0.717, 1.165) is 0 Å². The fourth-order valence-electron chi connectivity index (χ4n) is 0.875. The standard InChI is InChI=1S/C5H11N.C4H9NO.3C2H6/c1-6-4-2-3-5-6;1-4(6)5(2)3;3*1-2/h2-5H2,1H3;1-3H3;3*1-2H3. The molecule has 114 valence electrons. The van der Waals surface area contributed by atoms with Gasteiger partial charge in [0.25, 0.3) is 0 Å². The Labute approximate surface area is 117 Å². The lowest BCUT2D eigenvalue weighted by atomic mass is 10.4. The van der Waals surface area contributed by atoms with E-state index in [1.165, 1.54) is 37.8 Å². The van der Waals surface area contributed by atoms with E-state index in [1.807, 2.05) is 41.5 Å². The Balaban J connectivity index is -0.0000000773. The van der Waals surface area contributed by atoms with Crippen molar-refractivity contribution >= 4 is 5.91 Å². The van der Waals surface area contributed by atoms with Gasteiger partial charge in [-0.15, -0.1) is 0 Å². The summed E-state index contributed by atoms with van der Waals surface area (Å²) >= 11 is 0. The smallest absolute Gasteiger partial charge is 0.218 e. The topological polar surface area (TPSA) is 23.6 Å². The molecular weight excluding hydrogens is 224 g/mol. The Morgan fingerprint density at radius 1 is 0.889 bits per heavy atom. The highest BCUT2D eigenvalue weighted by Crippen LogP contribution is 2.02. The van der Waals surface area contributed by atoms with Gasteiger partial charge in [0.05, 0.1) is 0 Å². The van der Waals surface area contributed by atoms with Gasteiger partial charge in [-0.3, -0.25) is 4.79 Å². The van der Waals surface area contributed by atoms with Gasteiger partial charge in [-0.05, 0) is 33.0 Å². The fourth-order valence-corrected chi connectivity index (χ4v) is 0.875. The molecule has 0 spiro atoms. The first-order valence-corrected chi connectivity index (χ1v) is 7.40. The second-order valence-corrected chi connectivity index (χ2v) is 3.42. The summed E-state index contributed by atoms with van der Waals surface area (Å²) in [7, 11) is 5.62. The minimum Gasteiger partial charge on any atom is -0.349 e. The minimum atomic E-state index is 0.0926. The Kier molecular flexibility index (Phi) is 36.7. The summed E-state index contributed by atoms with van der Waals surface area (Å²) in [6.45, 7) is 16.2. The van der Waals surface area contributed by atoms with E-state index in [1.54, 1.807) is 14.1 Å². The SMILES string of the molecule is CC.CC.CC.CC(=O)N(C)C.CN1CCCC1. The summed E-state index contributed by atoms with van der Waals surface area (Å²) in [5.74, 6) is 0.0926. The van der Waals surface area contributed by atoms with Crippen LogP contribution in [0.3, 0.4) is 0 Å². The van der Waals surface area contributed by atoms with E-state index in [2.05, 4.69) is 11.9 Å². The average molecular weight is 262 g/mol. The van der Waals surface area contributed by atoms with Gasteiger partial charge in [0.1, 0.15) is 0 Å². The summed E-state index contributed by atoms with van der Waals surface area (Å²) in [6.07, 6.45) is 2.83. The van der Waals surface area contributed by atoms with Crippen LogP contribution in [0.2, 0.25) is 0 Å². The highest BCUT2D eigenvalue weighted by atomic mass is 16.2. The van der Waals surface area contributed by atoms with Gasteiger partial charge in [0, 0.05) is 21.0 Å². The van der Waals surface area contributed by atoms with Crippen LogP contribution in [0.1, 0.15) is 61.3 Å². The molecule has 0 aliphatic carbocycles. The summed E-state index contributed by atoms with van der Waals surface area (Å²) in [5.41, 5.74) is 0. The van der Waals surface area contributed by atoms with E-state index in [0.29, 0.717) is 0 Å². The van der Waals surface area contributed by atoms with Crippen molar-refractivity contribution in [3.63, 3.8) is 0 Å². The lowest BCUT2D eigenvalue weighted by Crippen LogP contribution is -2.17. The predicted molar refractivity (Wildman–Crippen MR) is 85.1 cm³/mol. The number of nitrogens with zero attached hydrogens (tertiary/aromatic N) is 2. The second-order valence-electron chi connectivity index (χ2n) is 3.42. The minimum absolute atomic E-state index is 0.0926. The van der Waals surface area contributed by atoms with Gasteiger partial charge < -0.3 is 9.80 Å². The highest BCUT2D eigenvalue weighted by Gasteiger charge is 2.03. The molecule has 0 aromatic carbocycles. The van der Waals surface area contributed by atoms with Crippen molar-refractivity contribution in [1.82, 2.24) is 9.80 Å². The number of hydrogen-bond donors (Lipinski definition) is 0. The zero-order chi connectivity index (χ0) is 15.6. The predicted octanol–water partition coefficient (Wildman–Crippen LogP) is 3.89. The maximum absolute atomic E-state index is 10.1. The van der Waals surface area contributed by atoms with Crippen molar-refractivity contribution in [2.75, 3.05) is 34.2 Å². The maximum Gasteiger partial charge on any atom is 0.218 e. The maximum atomic E-state index is 10.1. The summed E-state index contributed by atoms with van der Waals surface area (Å²) < 4.78 is 0. The molecule has 1 aliphatic heterocycles. The van der Waals surface area contributed by atoms with Gasteiger partial charge >= 0.3 is 0 Å². The first-order valence-electron chi connectivity index (χ1n) is 7.40. The molecule has 0 unspecified atom stereocenters. The Morgan fingerprint density at radius 2 is 1.11 bits per heavy atom. The lowest BCUT2D eigenvalue weighted by Gasteiger charge is -2.02. The molecule has 1 saturated heterocycles. The van der Waals surface area contributed by atoms with Crippen molar-refractivity contribution in [2.24, 2.45) is 0 Å². The third-order valence-corrected chi connectivity index (χ3v) is 1.96. The van der Waals surface area contributed by atoms with Gasteiger partial charge in [0.2, 0.25) is 5.91 Å². The molecule has 0 aromatic heterocycles. The number of carbonyl (C=O) groups excluding carboxylic acids is 1. The number of rotatable bonds is 0. The van der Waals surface area contributed by atoms with E-state index in [-0.39, 0.29) is 5.91 Å². The van der Waals surface area contributed by atoms with Crippen LogP contribution >= 0.6 is 0 Å². The summed E-state index contributed by atoms with van der Waals surface area (Å²) in [5, 5.41) is 0. The van der Waals surface area contributed by atoms with Crippen LogP contribution in [0.5, 0.6) is 0 Å². The molecule has 1 rings (SSSR count). The van der Waals surface area contributed by atoms with Crippen LogP contribution in [0.4, 0.5) is 0 Å². The van der Waals surface area contributed by atoms with Crippen LogP contribution < -0.4 is 0 Å². The van der Waals surface area contributed by atoms with Gasteiger partial charge in [0.15, 0.2) is 0 Å². The molecular formula is C15H38N2O. The van der Waals surface area contributed by atoms with Crippen LogP contribution in [-0.4, -0.2) is 49.9 Å². The highest BCUT2D eigenvalue weighted by molar-refractivity contribution is 5.72. The largest absolute Gasteiger partial charge is 0.349 e. The van der Waals surface area contributed by atoms with E-state index in [4.69, 9.17) is 0 Å². The van der Waals surface area contributed by atoms with Crippen molar-refractivity contribution in [2.45, 2.75) is 61.3 Å². The molecule has 1 aliphatic rings. The quantitative estimate of drug-likeness (QED) is 0.661. The molecule has 0 N–H and O–H groups in total. The molecule has 1 fully saturated rings. The zero-order valence-electron chi connectivity index (χ0n) is 14.6. The molecule has 3 heteroatoms. The monoisotopic (exact) mass is 262 g/mol. The van der Waals surface area contributed by atoms with Crippen LogP contribution in [0.25, 0.3) is 0 Å². The first-order chi connectivity index (χ1) is 8.54. The average Bonchev–Trinajstić information content (AvgIpc) is 2.88. The normalized spacial score (nSPS) is 12.1. The third-order valence-electron chi connectivity index (χ3n) is 1.96. The molecule has 18 heavy (non-hydrogen) atoms.